The van der Waals surface area contributed by atoms with Gasteiger partial charge in [0.05, 0.1) is 6.61 Å². The van der Waals surface area contributed by atoms with Crippen LogP contribution < -0.4 is 10.4 Å². The van der Waals surface area contributed by atoms with Gasteiger partial charge in [0.2, 0.25) is 0 Å². The molecular weight excluding hydrogens is 408 g/mol. The zero-order chi connectivity index (χ0) is 23.6. The Balaban J connectivity index is 2.21. The minimum Gasteiger partial charge on any atom is -0.404 e. The maximum Gasteiger partial charge on any atom is 0.261 e. The van der Waals surface area contributed by atoms with Crippen LogP contribution >= 0.6 is 0 Å². The van der Waals surface area contributed by atoms with Gasteiger partial charge < -0.3 is 9.22 Å². The van der Waals surface area contributed by atoms with Crippen molar-refractivity contribution in [2.45, 2.75) is 65.8 Å². The van der Waals surface area contributed by atoms with Crippen LogP contribution in [0.2, 0.25) is 5.04 Å². The molecule has 0 saturated carbocycles. The Morgan fingerprint density at radius 2 is 1.47 bits per heavy atom. The van der Waals surface area contributed by atoms with Crippen LogP contribution in [0.25, 0.3) is 0 Å². The second-order valence-electron chi connectivity index (χ2n) is 9.81. The zero-order valence-electron chi connectivity index (χ0n) is 20.7. The fourth-order valence-corrected chi connectivity index (χ4v) is 8.72. The van der Waals surface area contributed by atoms with Crippen LogP contribution in [0.4, 0.5) is 0 Å². The van der Waals surface area contributed by atoms with Gasteiger partial charge in [-0.25, -0.2) is 0 Å². The van der Waals surface area contributed by atoms with Crippen molar-refractivity contribution in [3.8, 4) is 0 Å². The summed E-state index contributed by atoms with van der Waals surface area (Å²) in [5.74, 6) is 0.329. The molecule has 0 spiro atoms. The second kappa shape index (κ2) is 12.1. The lowest BCUT2D eigenvalue weighted by Crippen LogP contribution is -2.66. The van der Waals surface area contributed by atoms with E-state index in [1.54, 1.807) is 0 Å². The molecule has 0 aromatic heterocycles. The van der Waals surface area contributed by atoms with Gasteiger partial charge in [-0.15, -0.1) is 0 Å². The van der Waals surface area contributed by atoms with E-state index in [4.69, 9.17) is 4.43 Å². The lowest BCUT2D eigenvalue weighted by molar-refractivity contribution is -0.108. The van der Waals surface area contributed by atoms with Gasteiger partial charge in [0, 0.05) is 6.42 Å². The van der Waals surface area contributed by atoms with Gasteiger partial charge in [0.15, 0.2) is 0 Å². The highest BCUT2D eigenvalue weighted by Gasteiger charge is 2.49. The van der Waals surface area contributed by atoms with Gasteiger partial charge in [-0.3, -0.25) is 0 Å². The monoisotopic (exact) mass is 448 g/mol. The van der Waals surface area contributed by atoms with Gasteiger partial charge in [0.25, 0.3) is 8.32 Å². The third-order valence-corrected chi connectivity index (χ3v) is 11.4. The predicted molar refractivity (Wildman–Crippen MR) is 140 cm³/mol. The van der Waals surface area contributed by atoms with Crippen molar-refractivity contribution in [2.75, 3.05) is 6.61 Å². The van der Waals surface area contributed by atoms with Crippen LogP contribution in [0.1, 0.15) is 60.8 Å². The third-order valence-electron chi connectivity index (χ3n) is 6.38. The van der Waals surface area contributed by atoms with E-state index in [0.717, 1.165) is 19.1 Å². The summed E-state index contributed by atoms with van der Waals surface area (Å²) in [6.45, 7) is 14.0. The first kappa shape index (κ1) is 26.0. The molecule has 0 aliphatic rings. The molecule has 0 radical (unpaired) electrons. The fourth-order valence-electron chi connectivity index (χ4n) is 4.23. The molecule has 3 heteroatoms. The second-order valence-corrected chi connectivity index (χ2v) is 14.1. The molecule has 0 bridgehead atoms. The molecular formula is C29H40O2Si. The van der Waals surface area contributed by atoms with Crippen molar-refractivity contribution in [1.82, 2.24) is 0 Å². The predicted octanol–water partition coefficient (Wildman–Crippen LogP) is 6.46. The summed E-state index contributed by atoms with van der Waals surface area (Å²) in [5, 5.41) is 2.62. The molecule has 32 heavy (non-hydrogen) atoms. The van der Waals surface area contributed by atoms with Crippen molar-refractivity contribution in [2.24, 2.45) is 5.92 Å². The van der Waals surface area contributed by atoms with Crippen molar-refractivity contribution >= 4 is 25.0 Å². The van der Waals surface area contributed by atoms with E-state index in [-0.39, 0.29) is 5.04 Å². The highest BCUT2D eigenvalue weighted by atomic mass is 28.4. The van der Waals surface area contributed by atoms with Crippen LogP contribution in [0.15, 0.2) is 84.0 Å². The molecule has 0 amide bonds. The summed E-state index contributed by atoms with van der Waals surface area (Å²) in [6.07, 6.45) is 8.14. The van der Waals surface area contributed by atoms with Gasteiger partial charge in [-0.1, -0.05) is 112 Å². The molecule has 1 atom stereocenters. The Morgan fingerprint density at radius 1 is 0.938 bits per heavy atom. The number of benzene rings is 2. The summed E-state index contributed by atoms with van der Waals surface area (Å²) in [5.41, 5.74) is 2.64. The first-order chi connectivity index (χ1) is 15.2. The quantitative estimate of drug-likeness (QED) is 0.224. The van der Waals surface area contributed by atoms with E-state index in [1.807, 2.05) is 0 Å². The molecule has 0 fully saturated rings. The number of carbonyl (C=O) groups excluding carboxylic acids is 1. The number of carbonyl (C=O) groups is 1. The van der Waals surface area contributed by atoms with Crippen LogP contribution in [-0.2, 0) is 9.22 Å². The van der Waals surface area contributed by atoms with E-state index in [2.05, 4.69) is 114 Å². The minimum atomic E-state index is -2.48. The molecule has 2 aromatic rings. The molecule has 2 aromatic carbocycles. The number of allylic oxidation sites excluding steroid dienone is 3. The first-order valence-corrected chi connectivity index (χ1v) is 13.6. The maximum absolute atomic E-state index is 10.7. The van der Waals surface area contributed by atoms with Crippen molar-refractivity contribution < 1.29 is 9.22 Å². The lowest BCUT2D eigenvalue weighted by atomic mass is 9.98. The fraction of sp³-hybridized carbons (Fsp3) is 0.414. The molecule has 2 rings (SSSR count). The summed E-state index contributed by atoms with van der Waals surface area (Å²) in [4.78, 5) is 10.7. The highest BCUT2D eigenvalue weighted by Crippen LogP contribution is 2.36. The Bertz CT molecular complexity index is 852. The van der Waals surface area contributed by atoms with Crippen LogP contribution in [0.5, 0.6) is 0 Å². The molecule has 0 unspecified atom stereocenters. The number of aldehydes is 1. The Labute approximate surface area is 196 Å². The topological polar surface area (TPSA) is 26.3 Å². The lowest BCUT2D eigenvalue weighted by Gasteiger charge is -2.42. The number of rotatable bonds is 11. The maximum atomic E-state index is 10.7. The standard InChI is InChI=1S/C29H40O2Si/c1-24(14-13-15-25(2)26(3)20-22-30)21-23-31-32(29(4,5)6,27-16-9-7-10-17-27)28-18-11-8-12-19-28/h7-12,15-19,21-22,26H,13-14,20,23H2,1-6H3/b24-21+,25-15+/t26-/m1/s1. The largest absolute Gasteiger partial charge is 0.404 e. The average Bonchev–Trinajstić information content (AvgIpc) is 2.77. The van der Waals surface area contributed by atoms with Gasteiger partial charge >= 0.3 is 0 Å². The van der Waals surface area contributed by atoms with Crippen molar-refractivity contribution in [3.05, 3.63) is 84.0 Å². The smallest absolute Gasteiger partial charge is 0.261 e. The molecule has 0 aliphatic carbocycles. The van der Waals surface area contributed by atoms with E-state index in [0.29, 0.717) is 18.9 Å². The summed E-state index contributed by atoms with van der Waals surface area (Å²) < 4.78 is 6.94. The molecule has 0 heterocycles. The van der Waals surface area contributed by atoms with Crippen molar-refractivity contribution in [1.29, 1.82) is 0 Å². The summed E-state index contributed by atoms with van der Waals surface area (Å²) in [7, 11) is -2.48. The molecule has 172 valence electrons. The third kappa shape index (κ3) is 6.63. The normalized spacial score (nSPS) is 14.3. The summed E-state index contributed by atoms with van der Waals surface area (Å²) >= 11 is 0. The van der Waals surface area contributed by atoms with Crippen LogP contribution in [-0.4, -0.2) is 21.2 Å². The van der Waals surface area contributed by atoms with Crippen molar-refractivity contribution in [3.63, 3.8) is 0 Å². The first-order valence-electron chi connectivity index (χ1n) is 11.7. The van der Waals surface area contributed by atoms with Gasteiger partial charge in [0.1, 0.15) is 6.29 Å². The van der Waals surface area contributed by atoms with Crippen LogP contribution in [0, 0.1) is 5.92 Å². The zero-order valence-corrected chi connectivity index (χ0v) is 21.7. The van der Waals surface area contributed by atoms with Gasteiger partial charge in [-0.05, 0) is 48.0 Å². The van der Waals surface area contributed by atoms with Crippen LogP contribution in [0.3, 0.4) is 0 Å². The SMILES string of the molecule is C/C(=C\CO[Si](c1ccccc1)(c1ccccc1)C(C)(C)C)CC/C=C(\C)[C@H](C)CC=O. The minimum absolute atomic E-state index is 0.00792. The Morgan fingerprint density at radius 3 is 1.94 bits per heavy atom. The van der Waals surface area contributed by atoms with E-state index >= 15 is 0 Å². The molecule has 0 N–H and O–H groups in total. The van der Waals surface area contributed by atoms with E-state index in [9.17, 15) is 4.79 Å². The number of hydrogen-bond acceptors (Lipinski definition) is 2. The molecule has 0 saturated heterocycles. The summed E-state index contributed by atoms with van der Waals surface area (Å²) in [6, 6.07) is 21.6. The average molecular weight is 449 g/mol. The van der Waals surface area contributed by atoms with E-state index < -0.39 is 8.32 Å². The van der Waals surface area contributed by atoms with E-state index in [1.165, 1.54) is 21.5 Å². The van der Waals surface area contributed by atoms with Gasteiger partial charge in [-0.2, -0.15) is 0 Å². The molecule has 0 aliphatic heterocycles. The Kier molecular flexibility index (Phi) is 9.86. The molecule has 2 nitrogen and oxygen atoms in total. The highest BCUT2D eigenvalue weighted by molar-refractivity contribution is 6.99. The number of hydrogen-bond donors (Lipinski definition) is 0. The Hall–Kier alpha value is -2.23.